The first-order chi connectivity index (χ1) is 12.0. The van der Waals surface area contributed by atoms with Crippen LogP contribution in [0.4, 0.5) is 0 Å². The van der Waals surface area contributed by atoms with Gasteiger partial charge in [-0.05, 0) is 25.0 Å². The van der Waals surface area contributed by atoms with E-state index in [-0.39, 0.29) is 24.0 Å². The molecule has 1 fully saturated rings. The molecule has 7 nitrogen and oxygen atoms in total. The molecule has 0 spiro atoms. The highest BCUT2D eigenvalue weighted by Crippen LogP contribution is 2.31. The summed E-state index contributed by atoms with van der Waals surface area (Å²) in [7, 11) is -1.42. The highest BCUT2D eigenvalue weighted by atomic mass is 79.9. The van der Waals surface area contributed by atoms with Gasteiger partial charge in [0.05, 0.1) is 26.8 Å². The summed E-state index contributed by atoms with van der Waals surface area (Å²) in [5.74, 6) is -1.94. The fourth-order valence-electron chi connectivity index (χ4n) is 2.97. The molecule has 0 aromatic heterocycles. The third-order valence-electron chi connectivity index (χ3n) is 4.14. The number of piperidine rings is 1. The number of nitrogens with one attached hydrogen (secondary N) is 1. The van der Waals surface area contributed by atoms with E-state index in [1.807, 2.05) is 0 Å². The van der Waals surface area contributed by atoms with E-state index in [2.05, 4.69) is 21.2 Å². The standard InChI is InChI=1S/C16H15BrN2O5S/c17-7-2-8-25(24)11-4-1-3-9-13(11)16(23)19(15(9)22)10-5-6-12(20)18-14(10)21/h1,3-4,10H,2,5-8H2,(H,18,20,21). The molecule has 3 rings (SSSR count). The van der Waals surface area contributed by atoms with E-state index in [1.165, 1.54) is 6.07 Å². The van der Waals surface area contributed by atoms with Gasteiger partial charge in [-0.2, -0.15) is 0 Å². The lowest BCUT2D eigenvalue weighted by atomic mass is 10.0. The van der Waals surface area contributed by atoms with Gasteiger partial charge in [-0.25, -0.2) is 0 Å². The van der Waals surface area contributed by atoms with E-state index in [1.54, 1.807) is 12.1 Å². The second kappa shape index (κ2) is 7.17. The molecule has 2 aliphatic heterocycles. The van der Waals surface area contributed by atoms with Crippen molar-refractivity contribution in [2.24, 2.45) is 0 Å². The Labute approximate surface area is 154 Å². The van der Waals surface area contributed by atoms with Crippen LogP contribution in [0.2, 0.25) is 0 Å². The summed E-state index contributed by atoms with van der Waals surface area (Å²) >= 11 is 3.27. The highest BCUT2D eigenvalue weighted by molar-refractivity contribution is 9.09. The molecule has 0 bridgehead atoms. The van der Waals surface area contributed by atoms with Gasteiger partial charge in [0.2, 0.25) is 11.8 Å². The number of hydrogen-bond acceptors (Lipinski definition) is 5. The van der Waals surface area contributed by atoms with Crippen LogP contribution < -0.4 is 5.32 Å². The average Bonchev–Trinajstić information content (AvgIpc) is 2.84. The number of alkyl halides is 1. The van der Waals surface area contributed by atoms with Gasteiger partial charge in [0, 0.05) is 17.5 Å². The Morgan fingerprint density at radius 1 is 1.20 bits per heavy atom. The van der Waals surface area contributed by atoms with E-state index >= 15 is 0 Å². The molecule has 1 aromatic rings. The van der Waals surface area contributed by atoms with E-state index in [0.717, 1.165) is 4.90 Å². The van der Waals surface area contributed by atoms with Crippen molar-refractivity contribution in [3.05, 3.63) is 29.3 Å². The van der Waals surface area contributed by atoms with Crippen molar-refractivity contribution in [1.29, 1.82) is 0 Å². The maximum Gasteiger partial charge on any atom is 0.263 e. The number of halogens is 1. The predicted molar refractivity (Wildman–Crippen MR) is 92.8 cm³/mol. The molecule has 9 heteroatoms. The molecule has 0 radical (unpaired) electrons. The van der Waals surface area contributed by atoms with Crippen molar-refractivity contribution in [2.45, 2.75) is 30.2 Å². The fourth-order valence-corrected chi connectivity index (χ4v) is 4.90. The summed E-state index contributed by atoms with van der Waals surface area (Å²) in [5, 5.41) is 2.83. The zero-order chi connectivity index (χ0) is 18.1. The molecule has 132 valence electrons. The number of carbonyl (C=O) groups is 4. The van der Waals surface area contributed by atoms with Gasteiger partial charge in [0.1, 0.15) is 6.04 Å². The van der Waals surface area contributed by atoms with Crippen LogP contribution in [0.15, 0.2) is 23.1 Å². The summed E-state index contributed by atoms with van der Waals surface area (Å²) in [5.41, 5.74) is 0.254. The molecular weight excluding hydrogens is 412 g/mol. The van der Waals surface area contributed by atoms with Gasteiger partial charge >= 0.3 is 0 Å². The van der Waals surface area contributed by atoms with Crippen molar-refractivity contribution in [3.63, 3.8) is 0 Å². The molecule has 2 atom stereocenters. The lowest BCUT2D eigenvalue weighted by Gasteiger charge is -2.27. The van der Waals surface area contributed by atoms with E-state index in [0.29, 0.717) is 22.4 Å². The lowest BCUT2D eigenvalue weighted by Crippen LogP contribution is -2.54. The van der Waals surface area contributed by atoms with E-state index in [9.17, 15) is 23.4 Å². The van der Waals surface area contributed by atoms with Gasteiger partial charge in [0.15, 0.2) is 0 Å². The van der Waals surface area contributed by atoms with Gasteiger partial charge < -0.3 is 0 Å². The van der Waals surface area contributed by atoms with Crippen molar-refractivity contribution in [3.8, 4) is 0 Å². The Hall–Kier alpha value is -1.87. The topological polar surface area (TPSA) is 101 Å². The zero-order valence-corrected chi connectivity index (χ0v) is 15.5. The molecule has 2 unspecified atom stereocenters. The number of imide groups is 2. The monoisotopic (exact) mass is 426 g/mol. The van der Waals surface area contributed by atoms with Gasteiger partial charge in [-0.3, -0.25) is 33.6 Å². The maximum atomic E-state index is 12.8. The number of hydrogen-bond donors (Lipinski definition) is 1. The molecule has 0 aliphatic carbocycles. The van der Waals surface area contributed by atoms with Crippen LogP contribution in [-0.2, 0) is 20.4 Å². The summed E-state index contributed by atoms with van der Waals surface area (Å²) in [6.45, 7) is 0. The quantitative estimate of drug-likeness (QED) is 0.558. The van der Waals surface area contributed by atoms with Crippen LogP contribution in [0.25, 0.3) is 0 Å². The number of fused-ring (bicyclic) bond motifs is 1. The normalized spacial score (nSPS) is 21.3. The second-order valence-corrected chi connectivity index (χ2v) is 8.05. The first-order valence-electron chi connectivity index (χ1n) is 7.74. The molecule has 4 amide bonds. The van der Waals surface area contributed by atoms with Crippen molar-refractivity contribution in [2.75, 3.05) is 11.1 Å². The Morgan fingerprint density at radius 2 is 1.96 bits per heavy atom. The largest absolute Gasteiger partial charge is 0.295 e. The molecular formula is C16H15BrN2O5S. The third-order valence-corrected chi connectivity index (χ3v) is 6.19. The Balaban J connectivity index is 1.95. The summed E-state index contributed by atoms with van der Waals surface area (Å²) in [6.07, 6.45) is 0.821. The summed E-state index contributed by atoms with van der Waals surface area (Å²) in [4.78, 5) is 50.0. The van der Waals surface area contributed by atoms with E-state index < -0.39 is 40.5 Å². The highest BCUT2D eigenvalue weighted by Gasteiger charge is 2.45. The fraction of sp³-hybridized carbons (Fsp3) is 0.375. The minimum absolute atomic E-state index is 0.0633. The van der Waals surface area contributed by atoms with Gasteiger partial charge in [-0.1, -0.05) is 22.0 Å². The molecule has 2 heterocycles. The van der Waals surface area contributed by atoms with Crippen LogP contribution in [-0.4, -0.2) is 49.9 Å². The molecule has 1 saturated heterocycles. The van der Waals surface area contributed by atoms with Crippen LogP contribution >= 0.6 is 15.9 Å². The predicted octanol–water partition coefficient (Wildman–Crippen LogP) is 0.980. The second-order valence-electron chi connectivity index (χ2n) is 5.72. The molecule has 2 aliphatic rings. The Morgan fingerprint density at radius 3 is 2.64 bits per heavy atom. The van der Waals surface area contributed by atoms with E-state index in [4.69, 9.17) is 0 Å². The minimum Gasteiger partial charge on any atom is -0.295 e. The van der Waals surface area contributed by atoms with Crippen molar-refractivity contribution >= 4 is 50.4 Å². The SMILES string of the molecule is O=C1CCC(N2C(=O)c3cccc(S(=O)CCCBr)c3C2=O)C(=O)N1. The van der Waals surface area contributed by atoms with Gasteiger partial charge in [-0.15, -0.1) is 0 Å². The number of benzene rings is 1. The lowest BCUT2D eigenvalue weighted by molar-refractivity contribution is -0.136. The number of carbonyl (C=O) groups excluding carboxylic acids is 4. The Bertz CT molecular complexity index is 810. The number of amides is 4. The van der Waals surface area contributed by atoms with Crippen molar-refractivity contribution < 1.29 is 23.4 Å². The third kappa shape index (κ3) is 3.18. The zero-order valence-electron chi connectivity index (χ0n) is 13.1. The molecule has 1 N–H and O–H groups in total. The van der Waals surface area contributed by atoms with Crippen molar-refractivity contribution in [1.82, 2.24) is 10.2 Å². The molecule has 25 heavy (non-hydrogen) atoms. The number of rotatable bonds is 5. The van der Waals surface area contributed by atoms with Crippen LogP contribution in [0, 0.1) is 0 Å². The Kier molecular flexibility index (Phi) is 5.14. The molecule has 1 aromatic carbocycles. The van der Waals surface area contributed by atoms with Crippen LogP contribution in [0.3, 0.4) is 0 Å². The maximum absolute atomic E-state index is 12.8. The first kappa shape index (κ1) is 17.9. The first-order valence-corrected chi connectivity index (χ1v) is 10.2. The van der Waals surface area contributed by atoms with Gasteiger partial charge in [0.25, 0.3) is 11.8 Å². The average molecular weight is 427 g/mol. The number of nitrogens with zero attached hydrogens (tertiary/aromatic N) is 1. The van der Waals surface area contributed by atoms with Crippen LogP contribution in [0.5, 0.6) is 0 Å². The summed E-state index contributed by atoms with van der Waals surface area (Å²) in [6, 6.07) is 3.63. The van der Waals surface area contributed by atoms with Crippen LogP contribution in [0.1, 0.15) is 40.0 Å². The minimum atomic E-state index is -1.42. The summed E-state index contributed by atoms with van der Waals surface area (Å²) < 4.78 is 12.5. The smallest absolute Gasteiger partial charge is 0.263 e. The molecule has 0 saturated carbocycles.